The van der Waals surface area contributed by atoms with Gasteiger partial charge in [0.2, 0.25) is 5.13 Å². The number of carbonyl (C=O) groups excluding carboxylic acids is 1. The highest BCUT2D eigenvalue weighted by Gasteiger charge is 2.20. The Balaban J connectivity index is 1.58. The Bertz CT molecular complexity index is 668. The molecule has 3 rings (SSSR count). The molecule has 0 atom stereocenters. The summed E-state index contributed by atoms with van der Waals surface area (Å²) in [4.78, 5) is 13.2. The Morgan fingerprint density at radius 1 is 1.22 bits per heavy atom. The molecule has 23 heavy (non-hydrogen) atoms. The van der Waals surface area contributed by atoms with Crippen LogP contribution >= 0.6 is 23.1 Å². The van der Waals surface area contributed by atoms with Crippen molar-refractivity contribution >= 4 is 39.9 Å². The lowest BCUT2D eigenvalue weighted by Crippen LogP contribution is -2.19. The van der Waals surface area contributed by atoms with E-state index in [4.69, 9.17) is 0 Å². The van der Waals surface area contributed by atoms with Gasteiger partial charge < -0.3 is 5.32 Å². The maximum Gasteiger partial charge on any atom is 0.325 e. The summed E-state index contributed by atoms with van der Waals surface area (Å²) in [5.41, 5.74) is 0.770. The topological polar surface area (TPSA) is 66.9 Å². The van der Waals surface area contributed by atoms with E-state index in [1.54, 1.807) is 11.8 Å². The first-order chi connectivity index (χ1) is 11.2. The molecule has 1 saturated carbocycles. The number of rotatable bonds is 4. The lowest BCUT2D eigenvalue weighted by molar-refractivity contribution is 0.262. The van der Waals surface area contributed by atoms with Crippen LogP contribution in [0.4, 0.5) is 15.6 Å². The molecule has 1 heterocycles. The van der Waals surface area contributed by atoms with E-state index >= 15 is 0 Å². The molecule has 2 amide bonds. The minimum atomic E-state index is -0.283. The number of hydrogen-bond donors (Lipinski definition) is 2. The second-order valence-electron chi connectivity index (χ2n) is 5.59. The van der Waals surface area contributed by atoms with Crippen LogP contribution in [-0.2, 0) is 0 Å². The van der Waals surface area contributed by atoms with E-state index in [0.717, 1.165) is 15.6 Å². The summed E-state index contributed by atoms with van der Waals surface area (Å²) in [5, 5.41) is 15.6. The van der Waals surface area contributed by atoms with E-state index in [-0.39, 0.29) is 6.03 Å². The summed E-state index contributed by atoms with van der Waals surface area (Å²) < 4.78 is 0. The second-order valence-corrected chi connectivity index (χ2v) is 7.48. The first-order valence-electron chi connectivity index (χ1n) is 7.80. The van der Waals surface area contributed by atoms with E-state index in [1.165, 1.54) is 43.4 Å². The zero-order chi connectivity index (χ0) is 16.1. The van der Waals surface area contributed by atoms with Gasteiger partial charge in [-0.05, 0) is 37.3 Å². The van der Waals surface area contributed by atoms with E-state index in [0.29, 0.717) is 11.0 Å². The van der Waals surface area contributed by atoms with Crippen LogP contribution in [0, 0.1) is 0 Å². The lowest BCUT2D eigenvalue weighted by atomic mass is 9.90. The van der Waals surface area contributed by atoms with Crippen LogP contribution in [0.15, 0.2) is 29.2 Å². The van der Waals surface area contributed by atoms with Crippen molar-refractivity contribution < 1.29 is 4.79 Å². The molecule has 1 aromatic heterocycles. The molecule has 0 saturated heterocycles. The van der Waals surface area contributed by atoms with Crippen LogP contribution in [0.1, 0.15) is 43.0 Å². The molecule has 1 aliphatic carbocycles. The van der Waals surface area contributed by atoms with Crippen LogP contribution in [-0.4, -0.2) is 22.5 Å². The standard InChI is InChI=1S/C16H20N4OS2/c1-22-13-9-5-8-12(10-13)17-15(21)18-16-20-19-14(23-16)11-6-3-2-4-7-11/h5,8-11H,2-4,6-7H2,1H3,(H2,17,18,20,21). The van der Waals surface area contributed by atoms with Gasteiger partial charge in [0.05, 0.1) is 0 Å². The molecule has 0 aliphatic heterocycles. The number of amides is 2. The molecular formula is C16H20N4OS2. The van der Waals surface area contributed by atoms with E-state index in [1.807, 2.05) is 30.5 Å². The van der Waals surface area contributed by atoms with Gasteiger partial charge in [0.25, 0.3) is 0 Å². The number of urea groups is 1. The summed E-state index contributed by atoms with van der Waals surface area (Å²) in [6.07, 6.45) is 8.22. The summed E-state index contributed by atoms with van der Waals surface area (Å²) >= 11 is 3.13. The predicted octanol–water partition coefficient (Wildman–Crippen LogP) is 4.95. The van der Waals surface area contributed by atoms with Gasteiger partial charge in [-0.25, -0.2) is 4.79 Å². The average Bonchev–Trinajstić information content (AvgIpc) is 3.04. The number of hydrogen-bond acceptors (Lipinski definition) is 5. The molecule has 1 aliphatic rings. The van der Waals surface area contributed by atoms with Crippen molar-refractivity contribution in [2.24, 2.45) is 0 Å². The fourth-order valence-electron chi connectivity index (χ4n) is 2.76. The Morgan fingerprint density at radius 3 is 2.83 bits per heavy atom. The van der Waals surface area contributed by atoms with Crippen molar-refractivity contribution in [2.75, 3.05) is 16.9 Å². The van der Waals surface area contributed by atoms with Gasteiger partial charge in [0, 0.05) is 16.5 Å². The molecule has 2 N–H and O–H groups in total. The Hall–Kier alpha value is -1.60. The van der Waals surface area contributed by atoms with E-state index in [9.17, 15) is 4.79 Å². The fourth-order valence-corrected chi connectivity index (χ4v) is 4.13. The van der Waals surface area contributed by atoms with Gasteiger partial charge in [-0.15, -0.1) is 22.0 Å². The maximum atomic E-state index is 12.1. The summed E-state index contributed by atoms with van der Waals surface area (Å²) in [7, 11) is 0. The number of aromatic nitrogens is 2. The average molecular weight is 348 g/mol. The molecule has 0 unspecified atom stereocenters. The SMILES string of the molecule is CSc1cccc(NC(=O)Nc2nnc(C3CCCCC3)s2)c1. The normalized spacial score (nSPS) is 15.3. The highest BCUT2D eigenvalue weighted by Crippen LogP contribution is 2.35. The largest absolute Gasteiger partial charge is 0.325 e. The zero-order valence-electron chi connectivity index (χ0n) is 13.0. The molecule has 1 fully saturated rings. The highest BCUT2D eigenvalue weighted by atomic mass is 32.2. The van der Waals surface area contributed by atoms with Gasteiger partial charge in [-0.1, -0.05) is 36.7 Å². The van der Waals surface area contributed by atoms with Crippen molar-refractivity contribution in [1.82, 2.24) is 10.2 Å². The predicted molar refractivity (Wildman–Crippen MR) is 96.6 cm³/mol. The van der Waals surface area contributed by atoms with Gasteiger partial charge >= 0.3 is 6.03 Å². The van der Waals surface area contributed by atoms with E-state index < -0.39 is 0 Å². The summed E-state index contributed by atoms with van der Waals surface area (Å²) in [5.74, 6) is 0.512. The summed E-state index contributed by atoms with van der Waals surface area (Å²) in [6.45, 7) is 0. The van der Waals surface area contributed by atoms with Gasteiger partial charge in [0.1, 0.15) is 5.01 Å². The van der Waals surface area contributed by atoms with Crippen molar-refractivity contribution in [1.29, 1.82) is 0 Å². The molecule has 5 nitrogen and oxygen atoms in total. The van der Waals surface area contributed by atoms with Crippen molar-refractivity contribution in [2.45, 2.75) is 42.9 Å². The minimum absolute atomic E-state index is 0.283. The second kappa shape index (κ2) is 7.79. The van der Waals surface area contributed by atoms with Crippen molar-refractivity contribution in [3.05, 3.63) is 29.3 Å². The smallest absolute Gasteiger partial charge is 0.308 e. The maximum absolute atomic E-state index is 12.1. The number of nitrogens with zero attached hydrogens (tertiary/aromatic N) is 2. The van der Waals surface area contributed by atoms with Crippen LogP contribution in [0.2, 0.25) is 0 Å². The number of nitrogens with one attached hydrogen (secondary N) is 2. The highest BCUT2D eigenvalue weighted by molar-refractivity contribution is 7.98. The Morgan fingerprint density at radius 2 is 2.04 bits per heavy atom. The molecule has 0 bridgehead atoms. The molecule has 122 valence electrons. The molecule has 2 aromatic rings. The van der Waals surface area contributed by atoms with Crippen molar-refractivity contribution in [3.63, 3.8) is 0 Å². The first-order valence-corrected chi connectivity index (χ1v) is 9.84. The van der Waals surface area contributed by atoms with Gasteiger partial charge in [-0.3, -0.25) is 5.32 Å². The van der Waals surface area contributed by atoms with Crippen molar-refractivity contribution in [3.8, 4) is 0 Å². The van der Waals surface area contributed by atoms with Crippen LogP contribution in [0.5, 0.6) is 0 Å². The molecule has 0 radical (unpaired) electrons. The molecule has 7 heteroatoms. The van der Waals surface area contributed by atoms with Crippen LogP contribution in [0.25, 0.3) is 0 Å². The van der Waals surface area contributed by atoms with Gasteiger partial charge in [-0.2, -0.15) is 0 Å². The number of thioether (sulfide) groups is 1. The third kappa shape index (κ3) is 4.45. The minimum Gasteiger partial charge on any atom is -0.308 e. The third-order valence-electron chi connectivity index (χ3n) is 3.94. The number of benzene rings is 1. The number of carbonyl (C=O) groups is 1. The van der Waals surface area contributed by atoms with Gasteiger partial charge in [0.15, 0.2) is 0 Å². The first kappa shape index (κ1) is 16.3. The zero-order valence-corrected chi connectivity index (χ0v) is 14.7. The van der Waals surface area contributed by atoms with Crippen LogP contribution < -0.4 is 10.6 Å². The summed E-state index contributed by atoms with van der Waals surface area (Å²) in [6, 6.07) is 7.46. The lowest BCUT2D eigenvalue weighted by Gasteiger charge is -2.18. The molecule has 1 aromatic carbocycles. The molecule has 0 spiro atoms. The number of anilines is 2. The van der Waals surface area contributed by atoms with Crippen LogP contribution in [0.3, 0.4) is 0 Å². The Kier molecular flexibility index (Phi) is 5.51. The van der Waals surface area contributed by atoms with E-state index in [2.05, 4.69) is 20.8 Å². The Labute approximate surface area is 144 Å². The molecular weight excluding hydrogens is 328 g/mol. The third-order valence-corrected chi connectivity index (χ3v) is 5.67. The monoisotopic (exact) mass is 348 g/mol. The quantitative estimate of drug-likeness (QED) is 0.767. The fraction of sp³-hybridized carbons (Fsp3) is 0.438.